The molecule has 1 saturated heterocycles. The molecule has 3 aromatic rings. The normalized spacial score (nSPS) is 18.1. The maximum Gasteiger partial charge on any atom is 0.268 e. The summed E-state index contributed by atoms with van der Waals surface area (Å²) in [5.41, 5.74) is 3.10. The maximum atomic E-state index is 14.1. The van der Waals surface area contributed by atoms with Crippen LogP contribution < -0.4 is 10.1 Å². The Hall–Kier alpha value is -2.83. The highest BCUT2D eigenvalue weighted by Crippen LogP contribution is 2.36. The second-order valence-electron chi connectivity index (χ2n) is 11.4. The maximum absolute atomic E-state index is 14.1. The second-order valence-corrected chi connectivity index (χ2v) is 11.4. The van der Waals surface area contributed by atoms with Crippen LogP contribution >= 0.6 is 0 Å². The summed E-state index contributed by atoms with van der Waals surface area (Å²) < 4.78 is 7.51. The largest absolute Gasteiger partial charge is 0.497 e. The number of nitrogens with zero attached hydrogens (tertiary/aromatic N) is 2. The van der Waals surface area contributed by atoms with Crippen molar-refractivity contribution in [3.63, 3.8) is 0 Å². The SMILES string of the molecule is COc1ccc(C(O)c2c(C(=O)NC3CCCCCCC3)n(CCCCN3CCCC3)c3ccccc23)cc1. The van der Waals surface area contributed by atoms with Crippen LogP contribution in [0, 0.1) is 0 Å². The molecule has 1 unspecified atom stereocenters. The minimum Gasteiger partial charge on any atom is -0.497 e. The average Bonchev–Trinajstić information content (AvgIpc) is 3.58. The minimum absolute atomic E-state index is 0.0566. The van der Waals surface area contributed by atoms with E-state index >= 15 is 0 Å². The molecule has 0 radical (unpaired) electrons. The van der Waals surface area contributed by atoms with Crippen LogP contribution in [0.1, 0.15) is 98.3 Å². The number of carbonyl (C=O) groups excluding carboxylic acids is 1. The van der Waals surface area contributed by atoms with Crippen molar-refractivity contribution in [2.75, 3.05) is 26.7 Å². The first kappa shape index (κ1) is 27.7. The van der Waals surface area contributed by atoms with Gasteiger partial charge in [0.1, 0.15) is 17.5 Å². The zero-order chi connectivity index (χ0) is 27.0. The van der Waals surface area contributed by atoms with E-state index < -0.39 is 6.10 Å². The van der Waals surface area contributed by atoms with Gasteiger partial charge in [0.05, 0.1) is 7.11 Å². The summed E-state index contributed by atoms with van der Waals surface area (Å²) in [6.07, 6.45) is 11.9. The Morgan fingerprint density at radius 2 is 1.59 bits per heavy atom. The van der Waals surface area contributed by atoms with Gasteiger partial charge in [-0.2, -0.15) is 0 Å². The first-order valence-corrected chi connectivity index (χ1v) is 15.1. The van der Waals surface area contributed by atoms with E-state index in [9.17, 15) is 9.90 Å². The van der Waals surface area contributed by atoms with Gasteiger partial charge >= 0.3 is 0 Å². The molecule has 5 rings (SSSR count). The predicted molar refractivity (Wildman–Crippen MR) is 157 cm³/mol. The lowest BCUT2D eigenvalue weighted by Crippen LogP contribution is -2.37. The summed E-state index contributed by atoms with van der Waals surface area (Å²) in [5, 5.41) is 16.1. The molecule has 2 aliphatic rings. The van der Waals surface area contributed by atoms with Crippen molar-refractivity contribution in [2.24, 2.45) is 0 Å². The molecule has 1 atom stereocenters. The Labute approximate surface area is 233 Å². The Morgan fingerprint density at radius 1 is 0.923 bits per heavy atom. The number of aromatic nitrogens is 1. The molecular weight excluding hydrogens is 486 g/mol. The summed E-state index contributed by atoms with van der Waals surface area (Å²) in [6.45, 7) is 4.29. The molecule has 2 fully saturated rings. The number of benzene rings is 2. The molecule has 1 aliphatic heterocycles. The van der Waals surface area contributed by atoms with Crippen molar-refractivity contribution in [1.82, 2.24) is 14.8 Å². The van der Waals surface area contributed by atoms with Gasteiger partial charge in [-0.1, -0.05) is 62.4 Å². The van der Waals surface area contributed by atoms with Crippen LogP contribution in [-0.2, 0) is 6.54 Å². The van der Waals surface area contributed by atoms with Gasteiger partial charge in [-0.05, 0) is 81.9 Å². The van der Waals surface area contributed by atoms with Gasteiger partial charge in [0.25, 0.3) is 5.91 Å². The van der Waals surface area contributed by atoms with Gasteiger partial charge in [-0.25, -0.2) is 0 Å². The van der Waals surface area contributed by atoms with Crippen LogP contribution in [0.4, 0.5) is 0 Å². The number of unbranched alkanes of at least 4 members (excludes halogenated alkanes) is 1. The number of ether oxygens (including phenoxy) is 1. The number of para-hydroxylation sites is 1. The summed E-state index contributed by atoms with van der Waals surface area (Å²) >= 11 is 0. The molecule has 1 aromatic heterocycles. The number of carbonyl (C=O) groups is 1. The van der Waals surface area contributed by atoms with E-state index in [-0.39, 0.29) is 11.9 Å². The van der Waals surface area contributed by atoms with Gasteiger partial charge in [-0.3, -0.25) is 4.79 Å². The summed E-state index contributed by atoms with van der Waals surface area (Å²) in [4.78, 5) is 16.7. The minimum atomic E-state index is -0.912. The third kappa shape index (κ3) is 6.67. The number of likely N-dealkylation sites (tertiary alicyclic amines) is 1. The second kappa shape index (κ2) is 13.5. The molecule has 6 heteroatoms. The van der Waals surface area contributed by atoms with Crippen molar-refractivity contribution >= 4 is 16.8 Å². The summed E-state index contributed by atoms with van der Waals surface area (Å²) in [5.74, 6) is 0.688. The van der Waals surface area contributed by atoms with Gasteiger partial charge in [0, 0.05) is 29.1 Å². The summed E-state index contributed by atoms with van der Waals surface area (Å²) in [7, 11) is 1.64. The number of aliphatic hydroxyl groups is 1. The highest BCUT2D eigenvalue weighted by atomic mass is 16.5. The lowest BCUT2D eigenvalue weighted by Gasteiger charge is -2.23. The van der Waals surface area contributed by atoms with Gasteiger partial charge in [0.15, 0.2) is 0 Å². The predicted octanol–water partition coefficient (Wildman–Crippen LogP) is 6.45. The zero-order valence-electron chi connectivity index (χ0n) is 23.5. The number of amides is 1. The topological polar surface area (TPSA) is 66.7 Å². The number of fused-ring (bicyclic) bond motifs is 1. The van der Waals surface area contributed by atoms with Gasteiger partial charge in [0.2, 0.25) is 0 Å². The molecule has 0 spiro atoms. The number of hydrogen-bond acceptors (Lipinski definition) is 4. The van der Waals surface area contributed by atoms with Crippen LogP contribution in [0.25, 0.3) is 10.9 Å². The third-order valence-corrected chi connectivity index (χ3v) is 8.68. The molecule has 210 valence electrons. The quantitative estimate of drug-likeness (QED) is 0.295. The number of nitrogens with one attached hydrogen (secondary N) is 1. The van der Waals surface area contributed by atoms with E-state index in [1.807, 2.05) is 42.5 Å². The molecule has 2 aromatic carbocycles. The standard InChI is InChI=1S/C33H45N3O3/c1-39-27-19-17-25(18-20-27)32(37)30-28-15-7-8-16-29(28)36(24-12-11-23-35-21-9-10-22-35)31(30)33(38)34-26-13-5-3-2-4-6-14-26/h7-8,15-20,26,32,37H,2-6,9-14,21-24H2,1H3,(H,34,38). The fraction of sp³-hybridized carbons (Fsp3) is 0.545. The van der Waals surface area contributed by atoms with Crippen molar-refractivity contribution in [1.29, 1.82) is 0 Å². The molecule has 1 amide bonds. The Kier molecular flexibility index (Phi) is 9.59. The van der Waals surface area contributed by atoms with E-state index in [0.29, 0.717) is 11.3 Å². The molecule has 1 aliphatic carbocycles. The number of hydrogen-bond donors (Lipinski definition) is 2. The smallest absolute Gasteiger partial charge is 0.268 e. The first-order valence-electron chi connectivity index (χ1n) is 15.1. The van der Waals surface area contributed by atoms with E-state index in [4.69, 9.17) is 4.74 Å². The molecule has 0 bridgehead atoms. The highest BCUT2D eigenvalue weighted by Gasteiger charge is 2.29. The lowest BCUT2D eigenvalue weighted by molar-refractivity contribution is 0.0915. The van der Waals surface area contributed by atoms with Crippen LogP contribution in [0.5, 0.6) is 5.75 Å². The fourth-order valence-corrected chi connectivity index (χ4v) is 6.50. The lowest BCUT2D eigenvalue weighted by atomic mass is 9.95. The van der Waals surface area contributed by atoms with E-state index in [1.165, 1.54) is 45.2 Å². The first-order chi connectivity index (χ1) is 19.2. The van der Waals surface area contributed by atoms with E-state index in [0.717, 1.165) is 73.8 Å². The molecule has 2 heterocycles. The highest BCUT2D eigenvalue weighted by molar-refractivity contribution is 6.02. The number of methoxy groups -OCH3 is 1. The number of aliphatic hydroxyl groups excluding tert-OH is 1. The van der Waals surface area contributed by atoms with Crippen molar-refractivity contribution in [2.45, 2.75) is 89.3 Å². The van der Waals surface area contributed by atoms with Gasteiger partial charge < -0.3 is 24.6 Å². The number of aryl methyl sites for hydroxylation is 1. The molecule has 1 saturated carbocycles. The zero-order valence-corrected chi connectivity index (χ0v) is 23.5. The monoisotopic (exact) mass is 531 g/mol. The van der Waals surface area contributed by atoms with Crippen LogP contribution in [0.15, 0.2) is 48.5 Å². The van der Waals surface area contributed by atoms with Crippen LogP contribution in [0.2, 0.25) is 0 Å². The summed E-state index contributed by atoms with van der Waals surface area (Å²) in [6, 6.07) is 15.9. The fourth-order valence-electron chi connectivity index (χ4n) is 6.50. The average molecular weight is 532 g/mol. The Balaban J connectivity index is 1.48. The molecular formula is C33H45N3O3. The number of rotatable bonds is 10. The van der Waals surface area contributed by atoms with Crippen LogP contribution in [0.3, 0.4) is 0 Å². The molecule has 2 N–H and O–H groups in total. The Morgan fingerprint density at radius 3 is 2.31 bits per heavy atom. The van der Waals surface area contributed by atoms with Crippen molar-refractivity contribution < 1.29 is 14.6 Å². The Bertz CT molecular complexity index is 1200. The van der Waals surface area contributed by atoms with Crippen molar-refractivity contribution in [3.8, 4) is 5.75 Å². The molecule has 6 nitrogen and oxygen atoms in total. The third-order valence-electron chi connectivity index (χ3n) is 8.68. The van der Waals surface area contributed by atoms with Crippen LogP contribution in [-0.4, -0.2) is 53.3 Å². The van der Waals surface area contributed by atoms with E-state index in [2.05, 4.69) is 20.9 Å². The van der Waals surface area contributed by atoms with Gasteiger partial charge in [-0.15, -0.1) is 0 Å². The molecule has 39 heavy (non-hydrogen) atoms. The van der Waals surface area contributed by atoms with E-state index in [1.54, 1.807) is 7.11 Å². The van der Waals surface area contributed by atoms with Crippen molar-refractivity contribution in [3.05, 3.63) is 65.4 Å².